The normalized spacial score (nSPS) is 14.1. The Bertz CT molecular complexity index is 5340. The van der Waals surface area contributed by atoms with E-state index in [1.165, 1.54) is 158 Å². The zero-order valence-corrected chi connectivity index (χ0v) is 53.4. The maximum atomic E-state index is 7.72. The molecule has 19 rings (SSSR count). The van der Waals surface area contributed by atoms with Gasteiger partial charge in [-0.1, -0.05) is 120 Å². The van der Waals surface area contributed by atoms with Gasteiger partial charge in [0.25, 0.3) is 20.1 Å². The lowest BCUT2D eigenvalue weighted by Gasteiger charge is -2.46. The molecule has 11 aromatic carbocycles. The summed E-state index contributed by atoms with van der Waals surface area (Å²) in [7, 11) is 0. The highest BCUT2D eigenvalue weighted by Crippen LogP contribution is 2.53. The number of nitrogens with zero attached hydrogens (tertiary/aromatic N) is 4. The van der Waals surface area contributed by atoms with Gasteiger partial charge in [-0.05, 0) is 218 Å². The molecule has 90 heavy (non-hydrogen) atoms. The van der Waals surface area contributed by atoms with E-state index in [-0.39, 0.29) is 20.1 Å². The quantitative estimate of drug-likeness (QED) is 0.177. The molecule has 6 nitrogen and oxygen atoms in total. The van der Waals surface area contributed by atoms with Crippen LogP contribution in [-0.2, 0) is 0 Å². The number of benzene rings is 11. The highest BCUT2D eigenvalue weighted by molar-refractivity contribution is 7.34. The molecule has 0 saturated heterocycles. The lowest BCUT2D eigenvalue weighted by molar-refractivity contribution is 0.487. The van der Waals surface area contributed by atoms with Crippen LogP contribution in [0.15, 0.2) is 194 Å². The zero-order chi connectivity index (χ0) is 60.4. The predicted molar refractivity (Wildman–Crippen MR) is 389 cm³/mol. The van der Waals surface area contributed by atoms with Crippen LogP contribution >= 0.6 is 22.7 Å². The first-order valence-corrected chi connectivity index (χ1v) is 33.2. The van der Waals surface area contributed by atoms with E-state index >= 15 is 0 Å². The van der Waals surface area contributed by atoms with Crippen LogP contribution in [0.3, 0.4) is 0 Å². The molecule has 428 valence electrons. The van der Waals surface area contributed by atoms with Crippen molar-refractivity contribution in [3.8, 4) is 11.5 Å². The second-order valence-corrected chi connectivity index (χ2v) is 28.4. The van der Waals surface area contributed by atoms with E-state index in [4.69, 9.17) is 4.74 Å². The molecule has 0 unspecified atom stereocenters. The SMILES string of the molecule is Cc1cc(C)c(N2c3cc4c(cc3B3c5cc6c(cc5Oc5cc(C)cc2c53)N(c2c(C)cc(C)cc2C)c2cc(C)cc3c2B6c2sc5ccccc5c2N3c2ccccc2)B2c3sc5ccccc5c3N(c3ccccc3)c3cc(C)cc(c32)N4)c(C)c1. The second kappa shape index (κ2) is 18.7. The lowest BCUT2D eigenvalue weighted by Crippen LogP contribution is -2.65. The van der Waals surface area contributed by atoms with Crippen LogP contribution in [0.2, 0.25) is 0 Å². The maximum absolute atomic E-state index is 7.72. The summed E-state index contributed by atoms with van der Waals surface area (Å²) in [6.45, 7) is 20.1. The molecule has 0 atom stereocenters. The predicted octanol–water partition coefficient (Wildman–Crippen LogP) is 15.7. The number of ether oxygens (including phenoxy) is 1. The van der Waals surface area contributed by atoms with Gasteiger partial charge in [-0.25, -0.2) is 0 Å². The first kappa shape index (κ1) is 52.3. The number of hydrogen-bond acceptors (Lipinski definition) is 8. The van der Waals surface area contributed by atoms with Crippen LogP contribution in [0.1, 0.15) is 50.1 Å². The Morgan fingerprint density at radius 2 is 0.756 bits per heavy atom. The van der Waals surface area contributed by atoms with Crippen molar-refractivity contribution in [1.29, 1.82) is 0 Å². The first-order valence-electron chi connectivity index (χ1n) is 31.6. The minimum Gasteiger partial charge on any atom is -0.458 e. The fourth-order valence-corrected chi connectivity index (χ4v) is 19.8. The summed E-state index contributed by atoms with van der Waals surface area (Å²) in [5, 5.41) is 6.75. The molecule has 13 aromatic rings. The van der Waals surface area contributed by atoms with Crippen molar-refractivity contribution in [3.63, 3.8) is 0 Å². The molecule has 11 heteroatoms. The fraction of sp³-hybridized carbons (Fsp3) is 0.114. The Morgan fingerprint density at radius 1 is 0.322 bits per heavy atom. The van der Waals surface area contributed by atoms with E-state index in [2.05, 4.69) is 281 Å². The number of fused-ring (bicyclic) bond motifs is 16. The first-order chi connectivity index (χ1) is 43.8. The van der Waals surface area contributed by atoms with Crippen LogP contribution in [0.5, 0.6) is 11.5 Å². The van der Waals surface area contributed by atoms with Crippen LogP contribution in [0, 0.1) is 62.3 Å². The van der Waals surface area contributed by atoms with Crippen molar-refractivity contribution in [1.82, 2.24) is 0 Å². The summed E-state index contributed by atoms with van der Waals surface area (Å²) in [5.74, 6) is 1.81. The van der Waals surface area contributed by atoms with Crippen molar-refractivity contribution in [2.45, 2.75) is 62.3 Å². The fourth-order valence-electron chi connectivity index (χ4n) is 17.1. The standard InChI is InChI=1S/C79H60B3N5OS2/c1-42-28-47(6)74(48(7)29-42)86-61-40-59-55(81-71-60(83-59)32-44(3)33-63(71)84(51-20-12-10-13-21-51)76-53-24-16-18-26-69(53)89-78(76)81)38-56(61)80-58-39-57-62(41-67(58)88-68-37-46(5)36-66(86)73(68)80)87(75-49(8)30-43(2)31-50(75)9)65-35-45(4)34-64-72(65)82(57)79-77(54-25-17-19-27-70(54)90-79)85(64)52-22-14-11-15-23-52/h10-41,83H,1-9H3. The van der Waals surface area contributed by atoms with Crippen LogP contribution in [-0.4, -0.2) is 20.1 Å². The van der Waals surface area contributed by atoms with Crippen LogP contribution in [0.4, 0.5) is 79.6 Å². The summed E-state index contributed by atoms with van der Waals surface area (Å²) >= 11 is 3.91. The molecular weight excluding hydrogens is 1130 g/mol. The average Bonchev–Trinajstić information content (AvgIpc) is 1.06. The number of rotatable bonds is 4. The van der Waals surface area contributed by atoms with Gasteiger partial charge in [0.2, 0.25) is 0 Å². The molecule has 0 saturated carbocycles. The summed E-state index contributed by atoms with van der Waals surface area (Å²) in [5.41, 5.74) is 36.7. The number of thiophene rings is 2. The highest BCUT2D eigenvalue weighted by Gasteiger charge is 2.51. The van der Waals surface area contributed by atoms with Gasteiger partial charge in [-0.3, -0.25) is 0 Å². The number of anilines is 14. The van der Waals surface area contributed by atoms with E-state index in [1.807, 2.05) is 22.7 Å². The largest absolute Gasteiger partial charge is 0.458 e. The van der Waals surface area contributed by atoms with Gasteiger partial charge < -0.3 is 29.7 Å². The number of aryl methyl sites for hydroxylation is 9. The van der Waals surface area contributed by atoms with Crippen molar-refractivity contribution in [2.75, 3.05) is 24.9 Å². The van der Waals surface area contributed by atoms with Crippen molar-refractivity contribution >= 4 is 190 Å². The smallest absolute Gasteiger partial charge is 0.264 e. The Labute approximate surface area is 534 Å². The number of hydrogen-bond donors (Lipinski definition) is 1. The third-order valence-corrected chi connectivity index (χ3v) is 22.6. The lowest BCUT2D eigenvalue weighted by atomic mass is 9.30. The van der Waals surface area contributed by atoms with E-state index < -0.39 is 0 Å². The topological polar surface area (TPSA) is 34.2 Å². The number of nitrogens with one attached hydrogen (secondary N) is 1. The molecule has 0 amide bonds. The van der Waals surface area contributed by atoms with Crippen LogP contribution < -0.4 is 77.4 Å². The van der Waals surface area contributed by atoms with Gasteiger partial charge in [0.1, 0.15) is 11.5 Å². The third kappa shape index (κ3) is 7.13. The van der Waals surface area contributed by atoms with Gasteiger partial charge >= 0.3 is 0 Å². The summed E-state index contributed by atoms with van der Waals surface area (Å²) in [4.78, 5) is 10.4. The van der Waals surface area contributed by atoms with E-state index in [1.54, 1.807) is 0 Å². The van der Waals surface area contributed by atoms with Gasteiger partial charge in [0, 0.05) is 92.7 Å². The summed E-state index contributed by atoms with van der Waals surface area (Å²) in [6, 6.07) is 74.3. The molecule has 6 aliphatic rings. The Kier molecular flexibility index (Phi) is 10.9. The van der Waals surface area contributed by atoms with Gasteiger partial charge in [0.05, 0.1) is 22.7 Å². The monoisotopic (exact) mass is 1190 g/mol. The van der Waals surface area contributed by atoms with Crippen molar-refractivity contribution < 1.29 is 4.74 Å². The summed E-state index contributed by atoms with van der Waals surface area (Å²) in [6.07, 6.45) is 0. The molecule has 8 heterocycles. The van der Waals surface area contributed by atoms with E-state index in [0.29, 0.717) is 0 Å². The Balaban J connectivity index is 0.918. The molecule has 6 aliphatic heterocycles. The van der Waals surface area contributed by atoms with Crippen molar-refractivity contribution in [2.24, 2.45) is 0 Å². The molecule has 2 aromatic heterocycles. The van der Waals surface area contributed by atoms with Gasteiger partial charge in [0.15, 0.2) is 0 Å². The summed E-state index contributed by atoms with van der Waals surface area (Å²) < 4.78 is 13.0. The van der Waals surface area contributed by atoms with Gasteiger partial charge in [-0.15, -0.1) is 22.7 Å². The molecule has 1 N–H and O–H groups in total. The Morgan fingerprint density at radius 3 is 1.32 bits per heavy atom. The van der Waals surface area contributed by atoms with Crippen molar-refractivity contribution in [3.05, 3.63) is 244 Å². The molecule has 0 spiro atoms. The minimum atomic E-state index is -0.195. The third-order valence-electron chi connectivity index (χ3n) is 20.2. The average molecular weight is 1190 g/mol. The molecular formula is C79H60B3N5OS2. The van der Waals surface area contributed by atoms with Crippen LogP contribution in [0.25, 0.3) is 20.2 Å². The minimum absolute atomic E-state index is 0.0448. The zero-order valence-electron chi connectivity index (χ0n) is 51.7. The Hall–Kier alpha value is -9.67. The molecule has 0 bridgehead atoms. The highest BCUT2D eigenvalue weighted by atomic mass is 32.1. The molecule has 0 aliphatic carbocycles. The van der Waals surface area contributed by atoms with E-state index in [0.717, 1.165) is 51.2 Å². The number of para-hydroxylation sites is 2. The van der Waals surface area contributed by atoms with E-state index in [9.17, 15) is 0 Å². The maximum Gasteiger partial charge on any atom is 0.264 e. The van der Waals surface area contributed by atoms with Gasteiger partial charge in [-0.2, -0.15) is 0 Å². The molecule has 0 fully saturated rings. The molecule has 0 radical (unpaired) electrons. The second-order valence-electron chi connectivity index (χ2n) is 26.3.